The summed E-state index contributed by atoms with van der Waals surface area (Å²) in [5.74, 6) is 0.358. The molecule has 0 aliphatic carbocycles. The lowest BCUT2D eigenvalue weighted by Gasteiger charge is -2.05. The number of benzene rings is 2. The normalized spacial score (nSPS) is 11.6. The van der Waals surface area contributed by atoms with Gasteiger partial charge in [0.2, 0.25) is 5.52 Å². The summed E-state index contributed by atoms with van der Waals surface area (Å²) in [7, 11) is 1.58. The van der Waals surface area contributed by atoms with Crippen LogP contribution in [0.15, 0.2) is 36.4 Å². The first kappa shape index (κ1) is 19.0. The second-order valence-corrected chi connectivity index (χ2v) is 6.87. The van der Waals surface area contributed by atoms with E-state index in [1.807, 2.05) is 24.3 Å². The van der Waals surface area contributed by atoms with E-state index in [0.29, 0.717) is 17.7 Å². The first-order valence-corrected chi connectivity index (χ1v) is 8.83. The maximum absolute atomic E-state index is 12.9. The van der Waals surface area contributed by atoms with E-state index in [0.717, 1.165) is 34.8 Å². The summed E-state index contributed by atoms with van der Waals surface area (Å²) in [4.78, 5) is 15.0. The first-order chi connectivity index (χ1) is 12.8. The van der Waals surface area contributed by atoms with Gasteiger partial charge in [0.05, 0.1) is 18.4 Å². The fraction of sp³-hybridized carbons (Fsp3) is 0.222. The summed E-state index contributed by atoms with van der Waals surface area (Å²) < 4.78 is 44.2. The van der Waals surface area contributed by atoms with Gasteiger partial charge in [-0.05, 0) is 30.2 Å². The minimum atomic E-state index is -4.50. The highest BCUT2D eigenvalue weighted by atomic mass is 32.1. The molecular weight excluding hydrogens is 379 g/mol. The summed E-state index contributed by atoms with van der Waals surface area (Å²) in [5.41, 5.74) is 6.06. The van der Waals surface area contributed by atoms with E-state index in [1.54, 1.807) is 7.11 Å². The number of halogens is 3. The van der Waals surface area contributed by atoms with E-state index in [1.165, 1.54) is 0 Å². The van der Waals surface area contributed by atoms with Crippen LogP contribution in [0, 0.1) is 0 Å². The summed E-state index contributed by atoms with van der Waals surface area (Å²) in [6.07, 6.45) is -3.89. The lowest BCUT2D eigenvalue weighted by atomic mass is 10.1. The highest BCUT2D eigenvalue weighted by Gasteiger charge is 2.33. The zero-order valence-corrected chi connectivity index (χ0v) is 15.1. The number of ether oxygens (including phenoxy) is 1. The van der Waals surface area contributed by atoms with Gasteiger partial charge in [0.25, 0.3) is 0 Å². The van der Waals surface area contributed by atoms with Crippen molar-refractivity contribution >= 4 is 33.1 Å². The van der Waals surface area contributed by atoms with Gasteiger partial charge in [-0.15, -0.1) is 0 Å². The predicted molar refractivity (Wildman–Crippen MR) is 96.8 cm³/mol. The first-order valence-electron chi connectivity index (χ1n) is 8.01. The molecule has 3 rings (SSSR count). The number of aromatic amines is 1. The number of carbonyl (C=O) groups excluding carboxylic acids is 1. The zero-order valence-electron chi connectivity index (χ0n) is 14.3. The Hall–Kier alpha value is -2.81. The number of H-pyrrole nitrogens is 1. The van der Waals surface area contributed by atoms with Crippen LogP contribution < -0.4 is 20.8 Å². The van der Waals surface area contributed by atoms with Crippen molar-refractivity contribution in [2.75, 3.05) is 19.4 Å². The molecule has 9 heteroatoms. The molecule has 0 bridgehead atoms. The average Bonchev–Trinajstić information content (AvgIpc) is 3.06. The molecule has 2 aromatic carbocycles. The Morgan fingerprint density at radius 3 is 2.59 bits per heavy atom. The van der Waals surface area contributed by atoms with Gasteiger partial charge < -0.3 is 15.8 Å². The molecule has 0 fully saturated rings. The third-order valence-corrected chi connectivity index (χ3v) is 5.11. The van der Waals surface area contributed by atoms with Gasteiger partial charge in [-0.25, -0.2) is 0 Å². The molecule has 1 heterocycles. The van der Waals surface area contributed by atoms with Crippen LogP contribution in [0.5, 0.6) is 5.75 Å². The average molecular weight is 396 g/mol. The molecule has 142 valence electrons. The van der Waals surface area contributed by atoms with E-state index in [4.69, 9.17) is 10.5 Å². The fourth-order valence-corrected chi connectivity index (χ4v) is 3.49. The Morgan fingerprint density at radius 1 is 1.26 bits per heavy atom. The molecule has 1 aromatic heterocycles. The van der Waals surface area contributed by atoms with Crippen LogP contribution in [0.2, 0.25) is 0 Å². The quantitative estimate of drug-likeness (QED) is 0.650. The maximum atomic E-state index is 12.9. The van der Waals surface area contributed by atoms with Crippen molar-refractivity contribution in [1.82, 2.24) is 5.32 Å². The SMILES string of the molecule is COc1ccc(CCNC(=O)c2[nH+]c3cc(C(F)(F)F)cc(N)c3s2)cc1. The van der Waals surface area contributed by atoms with Gasteiger partial charge in [0, 0.05) is 12.6 Å². The molecule has 0 aliphatic heterocycles. The van der Waals surface area contributed by atoms with Gasteiger partial charge in [-0.3, -0.25) is 4.79 Å². The lowest BCUT2D eigenvalue weighted by molar-refractivity contribution is -0.342. The molecule has 0 atom stereocenters. The second kappa shape index (κ2) is 7.43. The van der Waals surface area contributed by atoms with E-state index in [-0.39, 0.29) is 16.2 Å². The second-order valence-electron chi connectivity index (χ2n) is 5.85. The van der Waals surface area contributed by atoms with Gasteiger partial charge in [-0.2, -0.15) is 18.2 Å². The number of hydrogen-bond donors (Lipinski definition) is 2. The van der Waals surface area contributed by atoms with E-state index in [2.05, 4.69) is 10.3 Å². The number of hydrogen-bond acceptors (Lipinski definition) is 4. The third kappa shape index (κ3) is 4.30. The van der Waals surface area contributed by atoms with Gasteiger partial charge >= 0.3 is 17.1 Å². The fourth-order valence-electron chi connectivity index (χ4n) is 2.57. The van der Waals surface area contributed by atoms with Crippen LogP contribution >= 0.6 is 11.3 Å². The van der Waals surface area contributed by atoms with Crippen molar-refractivity contribution in [2.45, 2.75) is 12.6 Å². The summed E-state index contributed by atoms with van der Waals surface area (Å²) in [6.45, 7) is 0.385. The Kier molecular flexibility index (Phi) is 5.22. The Morgan fingerprint density at radius 2 is 1.96 bits per heavy atom. The lowest BCUT2D eigenvalue weighted by Crippen LogP contribution is -2.29. The Bertz CT molecular complexity index is 968. The predicted octanol–water partition coefficient (Wildman–Crippen LogP) is 3.30. The summed E-state index contributed by atoms with van der Waals surface area (Å²) in [5, 5.41) is 2.95. The highest BCUT2D eigenvalue weighted by Crippen LogP contribution is 2.35. The molecule has 0 aliphatic rings. The van der Waals surface area contributed by atoms with E-state index in [9.17, 15) is 18.0 Å². The van der Waals surface area contributed by atoms with E-state index >= 15 is 0 Å². The number of rotatable bonds is 5. The summed E-state index contributed by atoms with van der Waals surface area (Å²) >= 11 is 1.03. The van der Waals surface area contributed by atoms with Crippen molar-refractivity contribution in [3.05, 3.63) is 52.5 Å². The third-order valence-electron chi connectivity index (χ3n) is 3.96. The van der Waals surface area contributed by atoms with Crippen molar-refractivity contribution < 1.29 is 27.7 Å². The van der Waals surface area contributed by atoms with E-state index < -0.39 is 17.6 Å². The van der Waals surface area contributed by atoms with Crippen molar-refractivity contribution in [3.63, 3.8) is 0 Å². The number of nitrogen functional groups attached to an aromatic ring is 1. The largest absolute Gasteiger partial charge is 0.497 e. The number of amides is 1. The number of nitrogens with two attached hydrogens (primary N) is 1. The zero-order chi connectivity index (χ0) is 19.6. The Labute approximate surface area is 157 Å². The molecule has 0 spiro atoms. The van der Waals surface area contributed by atoms with Crippen LogP contribution in [0.4, 0.5) is 18.9 Å². The topological polar surface area (TPSA) is 78.5 Å². The van der Waals surface area contributed by atoms with Crippen molar-refractivity contribution in [1.29, 1.82) is 0 Å². The molecule has 1 amide bonds. The smallest absolute Gasteiger partial charge is 0.416 e. The molecule has 5 nitrogen and oxygen atoms in total. The van der Waals surface area contributed by atoms with Crippen molar-refractivity contribution in [3.8, 4) is 5.75 Å². The number of anilines is 1. The van der Waals surface area contributed by atoms with Gasteiger partial charge in [-0.1, -0.05) is 23.5 Å². The van der Waals surface area contributed by atoms with Crippen LogP contribution in [-0.4, -0.2) is 19.6 Å². The van der Waals surface area contributed by atoms with Crippen LogP contribution in [0.3, 0.4) is 0 Å². The van der Waals surface area contributed by atoms with Crippen LogP contribution in [0.25, 0.3) is 10.2 Å². The molecule has 3 aromatic rings. The number of fused-ring (bicyclic) bond motifs is 1. The number of thiazole rings is 1. The molecule has 0 unspecified atom stereocenters. The van der Waals surface area contributed by atoms with Gasteiger partial charge in [0.15, 0.2) is 0 Å². The number of carbonyl (C=O) groups is 1. The molecule has 0 saturated carbocycles. The number of nitrogens with one attached hydrogen (secondary N) is 2. The molecule has 0 radical (unpaired) electrons. The minimum absolute atomic E-state index is 0.0154. The minimum Gasteiger partial charge on any atom is -0.497 e. The van der Waals surface area contributed by atoms with Gasteiger partial charge in [0.1, 0.15) is 10.4 Å². The molecular formula is C18H17F3N3O2S+. The molecule has 27 heavy (non-hydrogen) atoms. The summed E-state index contributed by atoms with van der Waals surface area (Å²) in [6, 6.07) is 9.29. The molecule has 4 N–H and O–H groups in total. The number of aromatic nitrogens is 1. The van der Waals surface area contributed by atoms with Crippen LogP contribution in [0.1, 0.15) is 20.9 Å². The monoisotopic (exact) mass is 396 g/mol. The maximum Gasteiger partial charge on any atom is 0.416 e. The van der Waals surface area contributed by atoms with Crippen LogP contribution in [-0.2, 0) is 12.6 Å². The highest BCUT2D eigenvalue weighted by molar-refractivity contribution is 7.20. The number of methoxy groups -OCH3 is 1. The Balaban J connectivity index is 1.69. The van der Waals surface area contributed by atoms with Crippen molar-refractivity contribution in [2.24, 2.45) is 0 Å². The molecule has 0 saturated heterocycles. The standard InChI is InChI=1S/C18H16F3N3O2S/c1-26-12-4-2-10(3-5-12)6-7-23-16(25)17-24-14-9-11(18(19,20)21)8-13(22)15(14)27-17/h2-5,8-9H,6-7,22H2,1H3,(H,23,25)/p+1. The number of alkyl halides is 3.